The van der Waals surface area contributed by atoms with E-state index in [2.05, 4.69) is 9.97 Å². The van der Waals surface area contributed by atoms with Gasteiger partial charge in [0.25, 0.3) is 0 Å². The van der Waals surface area contributed by atoms with E-state index in [1.54, 1.807) is 41.5 Å². The smallest absolute Gasteiger partial charge is 0.308 e. The molecule has 0 aliphatic heterocycles. The van der Waals surface area contributed by atoms with Crippen LogP contribution in [-0.2, 0) is 9.78 Å². The van der Waals surface area contributed by atoms with Crippen LogP contribution in [0.5, 0.6) is 11.9 Å². The van der Waals surface area contributed by atoms with Crippen molar-refractivity contribution in [2.45, 2.75) is 59.7 Å². The molecule has 0 spiro atoms. The van der Waals surface area contributed by atoms with Gasteiger partial charge >= 0.3 is 17.6 Å². The van der Waals surface area contributed by atoms with Crippen molar-refractivity contribution < 1.29 is 24.5 Å². The van der Waals surface area contributed by atoms with Crippen LogP contribution in [-0.4, -0.2) is 26.1 Å². The average Bonchev–Trinajstić information content (AvgIpc) is 2.31. The first-order chi connectivity index (χ1) is 9.89. The molecule has 0 unspecified atom stereocenters. The van der Waals surface area contributed by atoms with Crippen molar-refractivity contribution in [1.82, 2.24) is 9.97 Å². The molecule has 0 aromatic carbocycles. The number of nitrogens with zero attached hydrogens (tertiary/aromatic N) is 3. The predicted octanol–water partition coefficient (Wildman–Crippen LogP) is 2.91. The van der Waals surface area contributed by atoms with Gasteiger partial charge in [-0.15, -0.1) is 4.98 Å². The zero-order valence-electron chi connectivity index (χ0n) is 13.8. The Labute approximate surface area is 128 Å². The summed E-state index contributed by atoms with van der Waals surface area (Å²) in [5.74, 6) is -0.347. The summed E-state index contributed by atoms with van der Waals surface area (Å²) in [5, 5.41) is 11.1. The van der Waals surface area contributed by atoms with Crippen LogP contribution in [0.4, 0.5) is 5.69 Å². The van der Waals surface area contributed by atoms with Crippen LogP contribution >= 0.6 is 0 Å². The predicted molar refractivity (Wildman–Crippen MR) is 76.4 cm³/mol. The lowest BCUT2D eigenvalue weighted by atomic mass is 10.2. The van der Waals surface area contributed by atoms with Crippen LogP contribution in [0.3, 0.4) is 0 Å². The van der Waals surface area contributed by atoms with Gasteiger partial charge in [-0.3, -0.25) is 15.0 Å². The van der Waals surface area contributed by atoms with Crippen molar-refractivity contribution in [3.8, 4) is 11.9 Å². The number of hydrogen-bond acceptors (Lipinski definition) is 8. The molecule has 1 rings (SSSR count). The Kier molecular flexibility index (Phi) is 5.26. The topological polar surface area (TPSA) is 106 Å². The summed E-state index contributed by atoms with van der Waals surface area (Å²) < 4.78 is 0. The Morgan fingerprint density at radius 1 is 0.955 bits per heavy atom. The second kappa shape index (κ2) is 6.41. The second-order valence-electron chi connectivity index (χ2n) is 6.56. The maximum Gasteiger partial charge on any atom is 0.357 e. The maximum atomic E-state index is 11.1. The van der Waals surface area contributed by atoms with E-state index in [0.717, 1.165) is 0 Å². The normalized spacial score (nSPS) is 12.1. The van der Waals surface area contributed by atoms with Crippen LogP contribution in [0.2, 0.25) is 0 Å². The minimum atomic E-state index is -0.671. The molecule has 0 atom stereocenters. The first-order valence-corrected chi connectivity index (χ1v) is 6.63. The van der Waals surface area contributed by atoms with Gasteiger partial charge in [-0.2, -0.15) is 14.8 Å². The monoisotopic (exact) mass is 315 g/mol. The van der Waals surface area contributed by atoms with Crippen molar-refractivity contribution >= 4 is 5.69 Å². The van der Waals surface area contributed by atoms with E-state index in [1.165, 1.54) is 6.92 Å². The van der Waals surface area contributed by atoms with Crippen molar-refractivity contribution in [1.29, 1.82) is 0 Å². The van der Waals surface area contributed by atoms with Crippen LogP contribution in [0, 0.1) is 17.0 Å². The Morgan fingerprint density at radius 3 is 1.91 bits per heavy atom. The maximum absolute atomic E-state index is 11.1. The van der Waals surface area contributed by atoms with E-state index < -0.39 is 21.8 Å². The SMILES string of the molecule is Cc1nc(OOC(C)(C)C)nc(OOC(C)(C)C)c1[N+](=O)[O-]. The van der Waals surface area contributed by atoms with E-state index in [0.29, 0.717) is 0 Å². The van der Waals surface area contributed by atoms with Crippen molar-refractivity contribution in [2.75, 3.05) is 0 Å². The number of aryl methyl sites for hydroxylation is 1. The minimum absolute atomic E-state index is 0.0695. The molecule has 1 aromatic heterocycles. The molecule has 0 aliphatic rings. The van der Waals surface area contributed by atoms with Gasteiger partial charge in [-0.25, -0.2) is 0 Å². The molecule has 0 amide bonds. The fourth-order valence-electron chi connectivity index (χ4n) is 1.15. The summed E-state index contributed by atoms with van der Waals surface area (Å²) in [6, 6.07) is -0.203. The lowest BCUT2D eigenvalue weighted by Gasteiger charge is -2.18. The third kappa shape index (κ3) is 5.78. The van der Waals surface area contributed by atoms with Crippen LogP contribution in [0.15, 0.2) is 0 Å². The summed E-state index contributed by atoms with van der Waals surface area (Å²) in [4.78, 5) is 38.3. The van der Waals surface area contributed by atoms with Crippen molar-refractivity contribution in [3.05, 3.63) is 15.8 Å². The van der Waals surface area contributed by atoms with Gasteiger partial charge in [0.1, 0.15) is 16.9 Å². The van der Waals surface area contributed by atoms with E-state index >= 15 is 0 Å². The largest absolute Gasteiger partial charge is 0.357 e. The zero-order chi connectivity index (χ0) is 17.1. The highest BCUT2D eigenvalue weighted by molar-refractivity contribution is 5.45. The number of aromatic nitrogens is 2. The number of rotatable bonds is 5. The molecular formula is C13H21N3O6. The Morgan fingerprint density at radius 2 is 1.45 bits per heavy atom. The molecule has 0 saturated carbocycles. The van der Waals surface area contributed by atoms with Crippen LogP contribution in [0.25, 0.3) is 0 Å². The third-order valence-corrected chi connectivity index (χ3v) is 1.93. The summed E-state index contributed by atoms with van der Waals surface area (Å²) >= 11 is 0. The van der Waals surface area contributed by atoms with Gasteiger partial charge in [0, 0.05) is 0 Å². The van der Waals surface area contributed by atoms with Gasteiger partial charge in [-0.1, -0.05) is 0 Å². The van der Waals surface area contributed by atoms with E-state index in [4.69, 9.17) is 19.6 Å². The molecule has 0 fully saturated rings. The molecule has 1 aromatic rings. The molecule has 22 heavy (non-hydrogen) atoms. The summed E-state index contributed by atoms with van der Waals surface area (Å²) in [6.45, 7) is 11.9. The molecule has 0 N–H and O–H groups in total. The van der Waals surface area contributed by atoms with Crippen molar-refractivity contribution in [3.63, 3.8) is 0 Å². The summed E-state index contributed by atoms with van der Waals surface area (Å²) in [6.07, 6.45) is 0. The standard InChI is InChI=1S/C13H21N3O6/c1-8-9(16(17)18)10(19-21-12(2,3)4)15-11(14-8)20-22-13(5,6)7/h1-7H3. The Bertz CT molecular complexity index is 548. The van der Waals surface area contributed by atoms with E-state index in [9.17, 15) is 10.1 Å². The molecule has 9 nitrogen and oxygen atoms in total. The van der Waals surface area contributed by atoms with Gasteiger partial charge in [-0.05, 0) is 48.5 Å². The molecule has 0 saturated heterocycles. The Hall–Kier alpha value is -2.00. The van der Waals surface area contributed by atoms with E-state index in [1.807, 2.05) is 0 Å². The van der Waals surface area contributed by atoms with Gasteiger partial charge < -0.3 is 4.89 Å². The van der Waals surface area contributed by atoms with Gasteiger partial charge in [0.2, 0.25) is 0 Å². The minimum Gasteiger partial charge on any atom is -0.308 e. The molecule has 124 valence electrons. The molecule has 9 heteroatoms. The third-order valence-electron chi connectivity index (χ3n) is 1.93. The number of hydrogen-bond donors (Lipinski definition) is 0. The molecule has 0 radical (unpaired) electrons. The first-order valence-electron chi connectivity index (χ1n) is 6.63. The summed E-state index contributed by atoms with van der Waals surface area (Å²) in [7, 11) is 0. The lowest BCUT2D eigenvalue weighted by molar-refractivity contribution is -0.392. The zero-order valence-corrected chi connectivity index (χ0v) is 13.8. The van der Waals surface area contributed by atoms with Gasteiger partial charge in [0.15, 0.2) is 0 Å². The first kappa shape index (κ1) is 18.1. The Balaban J connectivity index is 3.08. The highest BCUT2D eigenvalue weighted by Crippen LogP contribution is 2.30. The fourth-order valence-corrected chi connectivity index (χ4v) is 1.15. The molecule has 1 heterocycles. The second-order valence-corrected chi connectivity index (χ2v) is 6.56. The highest BCUT2D eigenvalue weighted by Gasteiger charge is 2.28. The number of nitro groups is 1. The van der Waals surface area contributed by atoms with Crippen LogP contribution in [0.1, 0.15) is 47.2 Å². The molecule has 0 bridgehead atoms. The lowest BCUT2D eigenvalue weighted by Crippen LogP contribution is -2.23. The van der Waals surface area contributed by atoms with Crippen molar-refractivity contribution in [2.24, 2.45) is 0 Å². The summed E-state index contributed by atoms with van der Waals surface area (Å²) in [5.41, 5.74) is -1.59. The molecular weight excluding hydrogens is 294 g/mol. The molecule has 0 aliphatic carbocycles. The van der Waals surface area contributed by atoms with Crippen LogP contribution < -0.4 is 9.78 Å². The average molecular weight is 315 g/mol. The van der Waals surface area contributed by atoms with Gasteiger partial charge in [0.05, 0.1) is 4.92 Å². The fraction of sp³-hybridized carbons (Fsp3) is 0.692. The van der Waals surface area contributed by atoms with E-state index in [-0.39, 0.29) is 17.6 Å². The quantitative estimate of drug-likeness (QED) is 0.464. The highest BCUT2D eigenvalue weighted by atomic mass is 17.2.